The molecule has 3 rings (SSSR count). The molecule has 1 N–H and O–H groups in total. The lowest BCUT2D eigenvalue weighted by Gasteiger charge is -2.25. The number of hydrogen-bond donors (Lipinski definition) is 1. The molecule has 0 spiro atoms. The Balaban J connectivity index is 1.72. The first kappa shape index (κ1) is 14.4. The number of anilines is 1. The Kier molecular flexibility index (Phi) is 4.00. The van der Waals surface area contributed by atoms with Gasteiger partial charge in [-0.1, -0.05) is 12.1 Å². The zero-order valence-electron chi connectivity index (χ0n) is 12.8. The number of amides is 1. The summed E-state index contributed by atoms with van der Waals surface area (Å²) in [6.07, 6.45) is 0.657. The minimum Gasteiger partial charge on any atom is -0.497 e. The predicted molar refractivity (Wildman–Crippen MR) is 85.5 cm³/mol. The topological polar surface area (TPSA) is 47.6 Å². The number of methoxy groups -OCH3 is 1. The number of rotatable bonds is 3. The summed E-state index contributed by atoms with van der Waals surface area (Å²) in [6.45, 7) is 2.40. The van der Waals surface area contributed by atoms with Crippen LogP contribution in [0.5, 0.6) is 11.5 Å². The van der Waals surface area contributed by atoms with Crippen LogP contribution in [-0.2, 0) is 11.2 Å². The number of hydrogen-bond acceptors (Lipinski definition) is 3. The summed E-state index contributed by atoms with van der Waals surface area (Å²) in [5.74, 6) is 1.40. The van der Waals surface area contributed by atoms with Crippen molar-refractivity contribution in [2.75, 3.05) is 19.0 Å². The first-order chi connectivity index (χ1) is 10.7. The van der Waals surface area contributed by atoms with Gasteiger partial charge in [0.05, 0.1) is 13.0 Å². The zero-order chi connectivity index (χ0) is 15.5. The molecule has 4 nitrogen and oxygen atoms in total. The number of carbonyl (C=O) groups is 1. The van der Waals surface area contributed by atoms with Crippen molar-refractivity contribution in [3.63, 3.8) is 0 Å². The fourth-order valence-electron chi connectivity index (χ4n) is 2.63. The predicted octanol–water partition coefficient (Wildman–Crippen LogP) is 3.19. The maximum atomic E-state index is 12.4. The number of ether oxygens (including phenoxy) is 2. The summed E-state index contributed by atoms with van der Waals surface area (Å²) in [5, 5.41) is 2.96. The van der Waals surface area contributed by atoms with Crippen molar-refractivity contribution in [3.8, 4) is 11.5 Å². The quantitative estimate of drug-likeness (QED) is 0.946. The number of benzene rings is 2. The third-order valence-electron chi connectivity index (χ3n) is 3.83. The molecule has 0 aliphatic carbocycles. The molecule has 1 atom stereocenters. The van der Waals surface area contributed by atoms with Gasteiger partial charge in [0.1, 0.15) is 18.1 Å². The van der Waals surface area contributed by atoms with Crippen molar-refractivity contribution < 1.29 is 14.3 Å². The molecule has 0 radical (unpaired) electrons. The molecule has 1 amide bonds. The van der Waals surface area contributed by atoms with Crippen LogP contribution < -0.4 is 14.8 Å². The Labute approximate surface area is 130 Å². The second-order valence-electron chi connectivity index (χ2n) is 5.54. The molecule has 0 fully saturated rings. The van der Waals surface area contributed by atoms with Gasteiger partial charge in [-0.3, -0.25) is 4.79 Å². The fourth-order valence-corrected chi connectivity index (χ4v) is 2.63. The van der Waals surface area contributed by atoms with E-state index in [1.807, 2.05) is 49.4 Å². The van der Waals surface area contributed by atoms with Gasteiger partial charge < -0.3 is 14.8 Å². The number of carbonyl (C=O) groups excluding carboxylic acids is 1. The largest absolute Gasteiger partial charge is 0.497 e. The van der Waals surface area contributed by atoms with E-state index < -0.39 is 0 Å². The van der Waals surface area contributed by atoms with Crippen LogP contribution in [0.25, 0.3) is 0 Å². The van der Waals surface area contributed by atoms with Crippen LogP contribution in [0.4, 0.5) is 5.69 Å². The van der Waals surface area contributed by atoms with Gasteiger partial charge in [-0.2, -0.15) is 0 Å². The van der Waals surface area contributed by atoms with Crippen LogP contribution in [0.1, 0.15) is 11.1 Å². The summed E-state index contributed by atoms with van der Waals surface area (Å²) in [6, 6.07) is 13.5. The maximum Gasteiger partial charge on any atom is 0.231 e. The van der Waals surface area contributed by atoms with E-state index in [9.17, 15) is 4.79 Å². The van der Waals surface area contributed by atoms with Crippen molar-refractivity contribution in [2.45, 2.75) is 13.3 Å². The highest BCUT2D eigenvalue weighted by Gasteiger charge is 2.26. The smallest absolute Gasteiger partial charge is 0.231 e. The number of fused-ring (bicyclic) bond motifs is 1. The highest BCUT2D eigenvalue weighted by atomic mass is 16.5. The molecule has 0 saturated carbocycles. The van der Waals surface area contributed by atoms with Gasteiger partial charge in [-0.25, -0.2) is 0 Å². The Morgan fingerprint density at radius 3 is 2.91 bits per heavy atom. The monoisotopic (exact) mass is 297 g/mol. The van der Waals surface area contributed by atoms with E-state index in [4.69, 9.17) is 9.47 Å². The van der Waals surface area contributed by atoms with Crippen molar-refractivity contribution in [1.29, 1.82) is 0 Å². The molecule has 0 bridgehead atoms. The molecular formula is C18H19NO3. The Bertz CT molecular complexity index is 696. The van der Waals surface area contributed by atoms with Crippen molar-refractivity contribution in [1.82, 2.24) is 0 Å². The van der Waals surface area contributed by atoms with Gasteiger partial charge in [-0.05, 0) is 54.8 Å². The van der Waals surface area contributed by atoms with Crippen molar-refractivity contribution in [3.05, 3.63) is 53.6 Å². The van der Waals surface area contributed by atoms with E-state index in [0.717, 1.165) is 28.3 Å². The number of nitrogens with one attached hydrogen (secondary N) is 1. The standard InChI is InChI=1S/C18H19NO3/c1-12-4-3-5-15(8-12)19-18(20)14-9-13-10-16(21-2)6-7-17(13)22-11-14/h3-8,10,14H,9,11H2,1-2H3,(H,19,20). The molecule has 2 aromatic carbocycles. The number of aryl methyl sites for hydroxylation is 1. The molecule has 0 aromatic heterocycles. The first-order valence-corrected chi connectivity index (χ1v) is 7.33. The van der Waals surface area contributed by atoms with Gasteiger partial charge in [0.15, 0.2) is 0 Å². The zero-order valence-corrected chi connectivity index (χ0v) is 12.8. The van der Waals surface area contributed by atoms with E-state index >= 15 is 0 Å². The van der Waals surface area contributed by atoms with Crippen LogP contribution in [0.2, 0.25) is 0 Å². The molecule has 22 heavy (non-hydrogen) atoms. The first-order valence-electron chi connectivity index (χ1n) is 7.33. The molecule has 0 saturated heterocycles. The summed E-state index contributed by atoms with van der Waals surface area (Å²) in [5.41, 5.74) is 2.95. The van der Waals surface area contributed by atoms with Crippen molar-refractivity contribution >= 4 is 11.6 Å². The van der Waals surface area contributed by atoms with E-state index in [2.05, 4.69) is 5.32 Å². The molecule has 1 unspecified atom stereocenters. The molecular weight excluding hydrogens is 278 g/mol. The second kappa shape index (κ2) is 6.10. The van der Waals surface area contributed by atoms with Gasteiger partial charge in [0, 0.05) is 5.69 Å². The lowest BCUT2D eigenvalue weighted by Crippen LogP contribution is -2.32. The van der Waals surface area contributed by atoms with Crippen LogP contribution in [0, 0.1) is 12.8 Å². The van der Waals surface area contributed by atoms with Crippen LogP contribution in [0.15, 0.2) is 42.5 Å². The Morgan fingerprint density at radius 2 is 2.14 bits per heavy atom. The minimum absolute atomic E-state index is 0.0148. The average molecular weight is 297 g/mol. The molecule has 2 aromatic rings. The SMILES string of the molecule is COc1ccc2c(c1)CC(C(=O)Nc1cccc(C)c1)CO2. The second-order valence-corrected chi connectivity index (χ2v) is 5.54. The Morgan fingerprint density at radius 1 is 1.27 bits per heavy atom. The summed E-state index contributed by atoms with van der Waals surface area (Å²) in [7, 11) is 1.63. The summed E-state index contributed by atoms with van der Waals surface area (Å²) < 4.78 is 10.9. The van der Waals surface area contributed by atoms with Gasteiger partial charge in [-0.15, -0.1) is 0 Å². The fraction of sp³-hybridized carbons (Fsp3) is 0.278. The average Bonchev–Trinajstić information content (AvgIpc) is 2.53. The van der Waals surface area contributed by atoms with E-state index in [1.54, 1.807) is 7.11 Å². The van der Waals surface area contributed by atoms with Gasteiger partial charge >= 0.3 is 0 Å². The maximum absolute atomic E-state index is 12.4. The highest BCUT2D eigenvalue weighted by Crippen LogP contribution is 2.31. The lowest BCUT2D eigenvalue weighted by molar-refractivity contribution is -0.121. The molecule has 1 heterocycles. The molecule has 4 heteroatoms. The third-order valence-corrected chi connectivity index (χ3v) is 3.83. The lowest BCUT2D eigenvalue weighted by atomic mass is 9.95. The Hall–Kier alpha value is -2.49. The normalized spacial score (nSPS) is 16.4. The van der Waals surface area contributed by atoms with Crippen LogP contribution in [0.3, 0.4) is 0 Å². The van der Waals surface area contributed by atoms with Crippen molar-refractivity contribution in [2.24, 2.45) is 5.92 Å². The summed E-state index contributed by atoms with van der Waals surface area (Å²) in [4.78, 5) is 12.4. The van der Waals surface area contributed by atoms with Gasteiger partial charge in [0.2, 0.25) is 5.91 Å². The van der Waals surface area contributed by atoms with E-state index in [1.165, 1.54) is 0 Å². The van der Waals surface area contributed by atoms with Crippen LogP contribution >= 0.6 is 0 Å². The van der Waals surface area contributed by atoms with E-state index in [-0.39, 0.29) is 11.8 Å². The highest BCUT2D eigenvalue weighted by molar-refractivity contribution is 5.93. The van der Waals surface area contributed by atoms with E-state index in [0.29, 0.717) is 13.0 Å². The van der Waals surface area contributed by atoms with Crippen LogP contribution in [-0.4, -0.2) is 19.6 Å². The molecule has 114 valence electrons. The molecule has 1 aliphatic heterocycles. The molecule has 1 aliphatic rings. The minimum atomic E-state index is -0.194. The van der Waals surface area contributed by atoms with Gasteiger partial charge in [0.25, 0.3) is 0 Å². The third kappa shape index (κ3) is 3.06. The summed E-state index contributed by atoms with van der Waals surface area (Å²) >= 11 is 0.